The Kier molecular flexibility index (Phi) is 10.8. The third-order valence-corrected chi connectivity index (χ3v) is 4.78. The highest BCUT2D eigenvalue weighted by atomic mass is 35.5. The summed E-state index contributed by atoms with van der Waals surface area (Å²) in [6, 6.07) is 16.2. The van der Waals surface area contributed by atoms with Crippen LogP contribution in [-0.2, 0) is 11.2 Å². The van der Waals surface area contributed by atoms with Crippen molar-refractivity contribution < 1.29 is 34.3 Å². The number of pyridine rings is 1. The summed E-state index contributed by atoms with van der Waals surface area (Å²) in [5, 5.41) is 4.33. The van der Waals surface area contributed by atoms with Gasteiger partial charge < -0.3 is 39.2 Å². The highest BCUT2D eigenvalue weighted by Crippen LogP contribution is 2.20. The average Bonchev–Trinajstić information content (AvgIpc) is 2.80. The van der Waals surface area contributed by atoms with Gasteiger partial charge in [-0.3, -0.25) is 10.4 Å². The lowest BCUT2D eigenvalue weighted by atomic mass is 10.2. The third kappa shape index (κ3) is 8.16. The van der Waals surface area contributed by atoms with E-state index in [2.05, 4.69) is 49.4 Å². The Labute approximate surface area is 206 Å². The van der Waals surface area contributed by atoms with Gasteiger partial charge in [-0.1, -0.05) is 35.9 Å². The number of halogens is 2. The first-order chi connectivity index (χ1) is 15.3. The molecule has 1 saturated heterocycles. The summed E-state index contributed by atoms with van der Waals surface area (Å²) in [5.41, 5.74) is 6.17. The first-order valence-electron chi connectivity index (χ1n) is 10.4. The molecule has 0 unspecified atom stereocenters. The van der Waals surface area contributed by atoms with Crippen molar-refractivity contribution in [1.82, 2.24) is 15.0 Å². The molecule has 176 valence electrons. The van der Waals surface area contributed by atoms with Crippen LogP contribution < -0.4 is 39.9 Å². The Bertz CT molecular complexity index is 1020. The maximum Gasteiger partial charge on any atom is 0.320 e. The molecule has 0 aliphatic carbocycles. The molecule has 4 rings (SSSR count). The molecule has 2 aromatic heterocycles. The van der Waals surface area contributed by atoms with Gasteiger partial charge >= 0.3 is 6.01 Å². The normalized spacial score (nSPS) is 13.2. The summed E-state index contributed by atoms with van der Waals surface area (Å²) < 4.78 is 11.3. The van der Waals surface area contributed by atoms with Crippen LogP contribution in [0.5, 0.6) is 6.01 Å². The second kappa shape index (κ2) is 13.6. The van der Waals surface area contributed by atoms with Crippen molar-refractivity contribution in [3.63, 3.8) is 0 Å². The molecule has 0 spiro atoms. The predicted octanol–water partition coefficient (Wildman–Crippen LogP) is -2.91. The van der Waals surface area contributed by atoms with Crippen LogP contribution >= 0.6 is 0 Å². The zero-order chi connectivity index (χ0) is 21.3. The molecule has 0 saturated carbocycles. The van der Waals surface area contributed by atoms with Crippen molar-refractivity contribution in [3.8, 4) is 6.01 Å². The van der Waals surface area contributed by atoms with E-state index in [9.17, 15) is 0 Å². The van der Waals surface area contributed by atoms with Gasteiger partial charge in [0.2, 0.25) is 0 Å². The molecule has 0 radical (unpaired) electrons. The molecule has 0 atom stereocenters. The quantitative estimate of drug-likeness (QED) is 0.268. The molecule has 1 aliphatic rings. The maximum absolute atomic E-state index is 5.85. The van der Waals surface area contributed by atoms with Gasteiger partial charge in [-0.2, -0.15) is 15.1 Å². The monoisotopic (exact) mass is 488 g/mol. The van der Waals surface area contributed by atoms with Gasteiger partial charge in [-0.25, -0.2) is 0 Å². The molecule has 3 heterocycles. The Hall–Kier alpha value is -2.94. The minimum atomic E-state index is 0. The van der Waals surface area contributed by atoms with Gasteiger partial charge in [0, 0.05) is 37.5 Å². The molecule has 8 nitrogen and oxygen atoms in total. The summed E-state index contributed by atoms with van der Waals surface area (Å²) in [7, 11) is 0. The summed E-state index contributed by atoms with van der Waals surface area (Å²) in [5.74, 6) is 1.37. The van der Waals surface area contributed by atoms with E-state index in [0.717, 1.165) is 30.2 Å². The molecule has 1 aromatic carbocycles. The first-order valence-corrected chi connectivity index (χ1v) is 10.4. The van der Waals surface area contributed by atoms with Crippen LogP contribution in [-0.4, -0.2) is 54.1 Å². The first kappa shape index (κ1) is 26.3. The lowest BCUT2D eigenvalue weighted by Gasteiger charge is -2.28. The zero-order valence-electron chi connectivity index (χ0n) is 18.3. The summed E-state index contributed by atoms with van der Waals surface area (Å²) in [6.07, 6.45) is 4.23. The second-order valence-electron chi connectivity index (χ2n) is 7.20. The number of benzene rings is 1. The van der Waals surface area contributed by atoms with Gasteiger partial charge in [0.1, 0.15) is 5.82 Å². The summed E-state index contributed by atoms with van der Waals surface area (Å²) in [6.45, 7) is 5.39. The molecule has 0 amide bonds. The molecule has 1 N–H and O–H groups in total. The standard InChI is InChI=1S/C23H26N6O2.2ClH/c1-18-5-4-6-19(15-18)17-25-28-21-16-22(29-10-13-30-14-11-29)27-23(26-21)31-12-8-20-7-2-3-9-24-20;;/h2-7,9,15-17H,8,10-14H2,1H3,(H,26,27,28);2*1H/p-2/b25-17+;;. The van der Waals surface area contributed by atoms with Crippen LogP contribution in [0.4, 0.5) is 11.6 Å². The fourth-order valence-electron chi connectivity index (χ4n) is 3.21. The highest BCUT2D eigenvalue weighted by molar-refractivity contribution is 5.80. The van der Waals surface area contributed by atoms with E-state index < -0.39 is 0 Å². The minimum Gasteiger partial charge on any atom is -1.00 e. The number of anilines is 2. The Morgan fingerprint density at radius 3 is 2.70 bits per heavy atom. The molecule has 1 aliphatic heterocycles. The van der Waals surface area contributed by atoms with Crippen molar-refractivity contribution in [1.29, 1.82) is 0 Å². The highest BCUT2D eigenvalue weighted by Gasteiger charge is 2.15. The van der Waals surface area contributed by atoms with Crippen molar-refractivity contribution in [3.05, 3.63) is 71.5 Å². The number of nitrogens with zero attached hydrogens (tertiary/aromatic N) is 5. The number of nitrogens with one attached hydrogen (secondary N) is 1. The Morgan fingerprint density at radius 2 is 1.94 bits per heavy atom. The molecular formula is C23H26Cl2N6O2-2. The van der Waals surface area contributed by atoms with Crippen LogP contribution in [0.25, 0.3) is 0 Å². The molecular weight excluding hydrogens is 463 g/mol. The molecule has 1 fully saturated rings. The fourth-order valence-corrected chi connectivity index (χ4v) is 3.21. The van der Waals surface area contributed by atoms with Crippen molar-refractivity contribution in [2.75, 3.05) is 43.2 Å². The molecule has 3 aromatic rings. The van der Waals surface area contributed by atoms with E-state index >= 15 is 0 Å². The third-order valence-electron chi connectivity index (χ3n) is 4.78. The van der Waals surface area contributed by atoms with Crippen molar-refractivity contribution >= 4 is 17.9 Å². The van der Waals surface area contributed by atoms with Crippen molar-refractivity contribution in [2.45, 2.75) is 13.3 Å². The van der Waals surface area contributed by atoms with Gasteiger partial charge in [0.25, 0.3) is 0 Å². The Balaban J connectivity index is 0.00000193. The minimum absolute atomic E-state index is 0. The Morgan fingerprint density at radius 1 is 1.09 bits per heavy atom. The number of morpholine rings is 1. The van der Waals surface area contributed by atoms with Gasteiger partial charge in [-0.05, 0) is 24.6 Å². The SMILES string of the molecule is Cc1cccc(/C=N/Nc2cc(N3CCOCC3)nc(OCCc3ccccn3)n2)c1.[Cl-].[Cl-]. The maximum atomic E-state index is 5.85. The van der Waals surface area contributed by atoms with E-state index in [0.29, 0.717) is 38.1 Å². The number of aromatic nitrogens is 3. The number of hydrogen-bond acceptors (Lipinski definition) is 8. The van der Waals surface area contributed by atoms with Crippen LogP contribution in [0.1, 0.15) is 16.8 Å². The van der Waals surface area contributed by atoms with Crippen LogP contribution in [0.2, 0.25) is 0 Å². The van der Waals surface area contributed by atoms with Crippen LogP contribution in [0.3, 0.4) is 0 Å². The number of ether oxygens (including phenoxy) is 2. The number of aryl methyl sites for hydroxylation is 1. The predicted molar refractivity (Wildman–Crippen MR) is 121 cm³/mol. The fraction of sp³-hybridized carbons (Fsp3) is 0.304. The second-order valence-corrected chi connectivity index (χ2v) is 7.20. The van der Waals surface area contributed by atoms with Gasteiger partial charge in [0.15, 0.2) is 5.82 Å². The number of rotatable bonds is 8. The van der Waals surface area contributed by atoms with E-state index in [4.69, 9.17) is 9.47 Å². The van der Waals surface area contributed by atoms with Crippen LogP contribution in [0, 0.1) is 6.92 Å². The smallest absolute Gasteiger partial charge is 0.320 e. The van der Waals surface area contributed by atoms with Crippen molar-refractivity contribution in [2.24, 2.45) is 5.10 Å². The van der Waals surface area contributed by atoms with E-state index in [1.54, 1.807) is 12.4 Å². The molecule has 10 heteroatoms. The lowest BCUT2D eigenvalue weighted by molar-refractivity contribution is -0.00100. The zero-order valence-corrected chi connectivity index (χ0v) is 19.8. The van der Waals surface area contributed by atoms with E-state index in [1.807, 2.05) is 36.4 Å². The molecule has 0 bridgehead atoms. The number of hydrazone groups is 1. The van der Waals surface area contributed by atoms with E-state index in [1.165, 1.54) is 5.56 Å². The molecule has 33 heavy (non-hydrogen) atoms. The van der Waals surface area contributed by atoms with Crippen LogP contribution in [0.15, 0.2) is 59.8 Å². The number of hydrogen-bond donors (Lipinski definition) is 1. The largest absolute Gasteiger partial charge is 1.00 e. The lowest BCUT2D eigenvalue weighted by Crippen LogP contribution is -3.00. The van der Waals surface area contributed by atoms with Gasteiger partial charge in [0.05, 0.1) is 26.0 Å². The van der Waals surface area contributed by atoms with Gasteiger partial charge in [-0.15, -0.1) is 0 Å². The topological polar surface area (TPSA) is 84.8 Å². The summed E-state index contributed by atoms with van der Waals surface area (Å²) >= 11 is 0. The van der Waals surface area contributed by atoms with E-state index in [-0.39, 0.29) is 24.8 Å². The average molecular weight is 489 g/mol. The summed E-state index contributed by atoms with van der Waals surface area (Å²) in [4.78, 5) is 15.5.